The van der Waals surface area contributed by atoms with Crippen LogP contribution in [0.5, 0.6) is 0 Å². The molecule has 212 valence electrons. The molecule has 3 aromatic carbocycles. The zero-order valence-electron chi connectivity index (χ0n) is 23.7. The van der Waals surface area contributed by atoms with Gasteiger partial charge in [-0.2, -0.15) is 0 Å². The minimum atomic E-state index is -0.791. The van der Waals surface area contributed by atoms with Crippen LogP contribution in [0.25, 0.3) is 16.5 Å². The number of halogens is 1. The molecule has 3 amide bonds. The maximum atomic E-state index is 13.8. The minimum Gasteiger partial charge on any atom is -0.361 e. The summed E-state index contributed by atoms with van der Waals surface area (Å²) in [5.41, 5.74) is 6.06. The van der Waals surface area contributed by atoms with Gasteiger partial charge in [0.2, 0.25) is 5.91 Å². The lowest BCUT2D eigenvalue weighted by atomic mass is 9.92. The zero-order chi connectivity index (χ0) is 28.9. The highest BCUT2D eigenvalue weighted by Gasteiger charge is 2.31. The Balaban J connectivity index is 1.36. The van der Waals surface area contributed by atoms with Crippen molar-refractivity contribution in [3.05, 3.63) is 107 Å². The Bertz CT molecular complexity index is 1560. The molecule has 0 saturated heterocycles. The Morgan fingerprint density at radius 2 is 1.83 bits per heavy atom. The van der Waals surface area contributed by atoms with Crippen LogP contribution in [0.1, 0.15) is 36.0 Å². The first kappa shape index (κ1) is 28.5. The Hall–Kier alpha value is -4.07. The molecule has 0 bridgehead atoms. The van der Waals surface area contributed by atoms with E-state index in [0.717, 1.165) is 40.6 Å². The quantitative estimate of drug-likeness (QED) is 0.227. The molecule has 0 radical (unpaired) electrons. The van der Waals surface area contributed by atoms with E-state index in [-0.39, 0.29) is 17.9 Å². The molecule has 0 spiro atoms. The third-order valence-corrected chi connectivity index (χ3v) is 7.83. The molecule has 1 aliphatic heterocycles. The topological polar surface area (TPSA) is 80.5 Å². The molecule has 0 saturated carbocycles. The van der Waals surface area contributed by atoms with Crippen molar-refractivity contribution in [1.29, 1.82) is 0 Å². The molecule has 0 fully saturated rings. The van der Waals surface area contributed by atoms with Crippen LogP contribution < -0.4 is 10.6 Å². The van der Waals surface area contributed by atoms with Crippen LogP contribution in [0.4, 0.5) is 10.5 Å². The summed E-state index contributed by atoms with van der Waals surface area (Å²) in [5, 5.41) is 7.87. The smallest absolute Gasteiger partial charge is 0.318 e. The maximum absolute atomic E-state index is 13.8. The summed E-state index contributed by atoms with van der Waals surface area (Å²) in [5.74, 6) is -0.544. The molecule has 2 heterocycles. The van der Waals surface area contributed by atoms with Crippen molar-refractivity contribution >= 4 is 45.7 Å². The lowest BCUT2D eigenvalue weighted by Gasteiger charge is -2.31. The normalized spacial score (nSPS) is 15.0. The van der Waals surface area contributed by atoms with Gasteiger partial charge in [0, 0.05) is 53.4 Å². The van der Waals surface area contributed by atoms with E-state index >= 15 is 0 Å². The SMILES string of the molecule is C[C@H](c1c[nH]c2ccccc12)[C@@H](NC(=O)N1CC=C(c2ccc(Cl)cc2)CC1)C(=O)Nc1cccc(CN(C)C)c1. The number of urea groups is 1. The summed E-state index contributed by atoms with van der Waals surface area (Å²) < 4.78 is 0. The van der Waals surface area contributed by atoms with Gasteiger partial charge in [-0.05, 0) is 73.1 Å². The van der Waals surface area contributed by atoms with Crippen LogP contribution in [-0.2, 0) is 11.3 Å². The first-order valence-corrected chi connectivity index (χ1v) is 14.3. The van der Waals surface area contributed by atoms with Crippen molar-refractivity contribution in [2.24, 2.45) is 0 Å². The van der Waals surface area contributed by atoms with Gasteiger partial charge in [0.25, 0.3) is 0 Å². The molecule has 5 rings (SSSR count). The second-order valence-electron chi connectivity index (χ2n) is 10.9. The molecular formula is C33H36ClN5O2. The number of nitrogens with one attached hydrogen (secondary N) is 3. The predicted molar refractivity (Wildman–Crippen MR) is 167 cm³/mol. The van der Waals surface area contributed by atoms with E-state index in [0.29, 0.717) is 23.8 Å². The number of fused-ring (bicyclic) bond motifs is 1. The Labute approximate surface area is 246 Å². The number of rotatable bonds is 8. The van der Waals surface area contributed by atoms with Crippen LogP contribution >= 0.6 is 11.6 Å². The summed E-state index contributed by atoms with van der Waals surface area (Å²) >= 11 is 6.05. The first-order chi connectivity index (χ1) is 19.8. The van der Waals surface area contributed by atoms with Gasteiger partial charge in [-0.15, -0.1) is 0 Å². The Morgan fingerprint density at radius 3 is 2.56 bits per heavy atom. The molecule has 0 unspecified atom stereocenters. The van der Waals surface area contributed by atoms with Gasteiger partial charge in [0.1, 0.15) is 6.04 Å². The highest BCUT2D eigenvalue weighted by Crippen LogP contribution is 2.29. The summed E-state index contributed by atoms with van der Waals surface area (Å²) in [7, 11) is 4.02. The number of benzene rings is 3. The van der Waals surface area contributed by atoms with Crippen LogP contribution in [0.2, 0.25) is 5.02 Å². The monoisotopic (exact) mass is 569 g/mol. The average Bonchev–Trinajstić information content (AvgIpc) is 3.40. The van der Waals surface area contributed by atoms with Gasteiger partial charge in [-0.3, -0.25) is 4.79 Å². The van der Waals surface area contributed by atoms with Crippen molar-refractivity contribution < 1.29 is 9.59 Å². The van der Waals surface area contributed by atoms with Crippen LogP contribution in [0, 0.1) is 0 Å². The summed E-state index contributed by atoms with van der Waals surface area (Å²) in [6.45, 7) is 3.77. The van der Waals surface area contributed by atoms with E-state index < -0.39 is 6.04 Å². The molecule has 7 nitrogen and oxygen atoms in total. The number of carbonyl (C=O) groups excluding carboxylic acids is 2. The molecule has 4 aromatic rings. The number of amides is 3. The van der Waals surface area contributed by atoms with Crippen LogP contribution in [0.3, 0.4) is 0 Å². The van der Waals surface area contributed by atoms with E-state index in [1.807, 2.05) is 100 Å². The van der Waals surface area contributed by atoms with Crippen molar-refractivity contribution in [2.45, 2.75) is 31.8 Å². The molecule has 0 aliphatic carbocycles. The van der Waals surface area contributed by atoms with E-state index in [1.165, 1.54) is 5.57 Å². The third kappa shape index (κ3) is 6.81. The van der Waals surface area contributed by atoms with Gasteiger partial charge < -0.3 is 25.4 Å². The molecule has 1 aromatic heterocycles. The number of aromatic nitrogens is 1. The molecule has 2 atom stereocenters. The summed E-state index contributed by atoms with van der Waals surface area (Å²) in [4.78, 5) is 34.5. The van der Waals surface area contributed by atoms with E-state index in [9.17, 15) is 9.59 Å². The standard InChI is InChI=1S/C33H36ClN5O2/c1-22(29-20-35-30-10-5-4-9-28(29)30)31(32(40)36-27-8-6-7-23(19-27)21-38(2)3)37-33(41)39-17-15-25(16-18-39)24-11-13-26(34)14-12-24/h4-15,19-20,22,31,35H,16-18,21H2,1-3H3,(H,36,40)(H,37,41)/t22-,31-/m1/s1. The molecular weight excluding hydrogens is 534 g/mol. The van der Waals surface area contributed by atoms with E-state index in [1.54, 1.807) is 4.90 Å². The van der Waals surface area contributed by atoms with Crippen LogP contribution in [0.15, 0.2) is 85.1 Å². The van der Waals surface area contributed by atoms with Crippen molar-refractivity contribution in [3.63, 3.8) is 0 Å². The zero-order valence-corrected chi connectivity index (χ0v) is 24.4. The number of hydrogen-bond donors (Lipinski definition) is 3. The van der Waals surface area contributed by atoms with Crippen molar-refractivity contribution in [1.82, 2.24) is 20.1 Å². The summed E-state index contributed by atoms with van der Waals surface area (Å²) in [6, 6.07) is 22.5. The number of anilines is 1. The molecule has 41 heavy (non-hydrogen) atoms. The Morgan fingerprint density at radius 1 is 1.05 bits per heavy atom. The predicted octanol–water partition coefficient (Wildman–Crippen LogP) is 6.49. The third-order valence-electron chi connectivity index (χ3n) is 7.58. The number of H-pyrrole nitrogens is 1. The highest BCUT2D eigenvalue weighted by molar-refractivity contribution is 6.30. The largest absolute Gasteiger partial charge is 0.361 e. The van der Waals surface area contributed by atoms with Gasteiger partial charge >= 0.3 is 6.03 Å². The lowest BCUT2D eigenvalue weighted by molar-refractivity contribution is -0.118. The van der Waals surface area contributed by atoms with Crippen molar-refractivity contribution in [3.8, 4) is 0 Å². The fourth-order valence-electron chi connectivity index (χ4n) is 5.40. The van der Waals surface area contributed by atoms with Crippen LogP contribution in [-0.4, -0.2) is 59.9 Å². The average molecular weight is 570 g/mol. The first-order valence-electron chi connectivity index (χ1n) is 13.9. The number of aromatic amines is 1. The second kappa shape index (κ2) is 12.6. The van der Waals surface area contributed by atoms with Gasteiger partial charge in [-0.25, -0.2) is 4.79 Å². The fourth-order valence-corrected chi connectivity index (χ4v) is 5.53. The van der Waals surface area contributed by atoms with E-state index in [4.69, 9.17) is 11.6 Å². The lowest BCUT2D eigenvalue weighted by Crippen LogP contribution is -2.52. The number of para-hydroxylation sites is 1. The fraction of sp³-hybridized carbons (Fsp3) is 0.273. The molecule has 8 heteroatoms. The summed E-state index contributed by atoms with van der Waals surface area (Å²) in [6.07, 6.45) is 4.73. The van der Waals surface area contributed by atoms with Gasteiger partial charge in [-0.1, -0.05) is 67.1 Å². The highest BCUT2D eigenvalue weighted by atomic mass is 35.5. The van der Waals surface area contributed by atoms with Gasteiger partial charge in [0.05, 0.1) is 0 Å². The van der Waals surface area contributed by atoms with Crippen molar-refractivity contribution in [2.75, 3.05) is 32.5 Å². The van der Waals surface area contributed by atoms with E-state index in [2.05, 4.69) is 26.6 Å². The maximum Gasteiger partial charge on any atom is 0.318 e. The number of nitrogens with zero attached hydrogens (tertiary/aromatic N) is 2. The number of carbonyl (C=O) groups is 2. The molecule has 1 aliphatic rings. The minimum absolute atomic E-state index is 0.257. The Kier molecular flexibility index (Phi) is 8.76. The number of hydrogen-bond acceptors (Lipinski definition) is 3. The van der Waals surface area contributed by atoms with Gasteiger partial charge in [0.15, 0.2) is 0 Å². The molecule has 3 N–H and O–H groups in total. The second-order valence-corrected chi connectivity index (χ2v) is 11.3.